The molecule has 0 atom stereocenters. The maximum Gasteiger partial charge on any atom is 0.269 e. The van der Waals surface area contributed by atoms with E-state index in [0.717, 1.165) is 10.2 Å². The molecular weight excluding hydrogens is 366 g/mol. The number of non-ortho nitro benzene ring substituents is 1. The van der Waals surface area contributed by atoms with E-state index in [2.05, 4.69) is 10.1 Å². The number of thiazole rings is 1. The topological polar surface area (TPSA) is 116 Å². The van der Waals surface area contributed by atoms with Gasteiger partial charge in [-0.3, -0.25) is 15.5 Å². The maximum atomic E-state index is 10.7. The van der Waals surface area contributed by atoms with E-state index >= 15 is 0 Å². The molecule has 134 valence electrons. The maximum absolute atomic E-state index is 10.7. The number of nitro benzene ring substituents is 1. The first-order valence-electron chi connectivity index (χ1n) is 7.96. The number of aliphatic hydroxyl groups excluding tert-OH is 1. The number of hydrazone groups is 1. The second-order valence-electron chi connectivity index (χ2n) is 5.81. The lowest BCUT2D eigenvalue weighted by Crippen LogP contribution is -2.20. The summed E-state index contributed by atoms with van der Waals surface area (Å²) in [5, 5.41) is 35.5. The fourth-order valence-electron chi connectivity index (χ4n) is 2.69. The number of hydrogen-bond donors (Lipinski definition) is 2. The van der Waals surface area contributed by atoms with Crippen molar-refractivity contribution in [3.8, 4) is 0 Å². The highest BCUT2D eigenvalue weighted by Gasteiger charge is 2.30. The molecule has 0 spiro atoms. The molecule has 1 aromatic heterocycles. The van der Waals surface area contributed by atoms with Gasteiger partial charge in [0.05, 0.1) is 26.9 Å². The summed E-state index contributed by atoms with van der Waals surface area (Å²) in [6, 6.07) is 13.6. The molecule has 4 rings (SSSR count). The first-order chi connectivity index (χ1) is 13.0. The molecule has 0 amide bonds. The van der Waals surface area contributed by atoms with Gasteiger partial charge >= 0.3 is 0 Å². The molecule has 0 unspecified atom stereocenters. The van der Waals surface area contributed by atoms with Crippen LogP contribution < -0.4 is 0 Å². The van der Waals surface area contributed by atoms with E-state index in [1.165, 1.54) is 34.7 Å². The molecule has 2 aromatic carbocycles. The van der Waals surface area contributed by atoms with Crippen molar-refractivity contribution in [2.75, 3.05) is 6.54 Å². The molecule has 0 saturated carbocycles. The summed E-state index contributed by atoms with van der Waals surface area (Å²) in [6.07, 6.45) is 1.49. The van der Waals surface area contributed by atoms with Gasteiger partial charge in [-0.2, -0.15) is 5.10 Å². The van der Waals surface area contributed by atoms with Crippen molar-refractivity contribution < 1.29 is 10.0 Å². The summed E-state index contributed by atoms with van der Waals surface area (Å²) in [5.41, 5.74) is 1.84. The van der Waals surface area contributed by atoms with E-state index in [0.29, 0.717) is 16.1 Å². The Labute approximate surface area is 157 Å². The number of rotatable bonds is 4. The largest absolute Gasteiger partial charge is 0.509 e. The van der Waals surface area contributed by atoms with E-state index in [1.54, 1.807) is 12.1 Å². The van der Waals surface area contributed by atoms with Crippen LogP contribution in [-0.2, 0) is 0 Å². The molecule has 0 fully saturated rings. The van der Waals surface area contributed by atoms with Gasteiger partial charge in [0.1, 0.15) is 17.3 Å². The third kappa shape index (κ3) is 3.15. The first kappa shape index (κ1) is 16.9. The van der Waals surface area contributed by atoms with Crippen LogP contribution in [0.5, 0.6) is 0 Å². The zero-order valence-electron chi connectivity index (χ0n) is 13.9. The normalized spacial score (nSPS) is 14.7. The lowest BCUT2D eigenvalue weighted by atomic mass is 10.2. The van der Waals surface area contributed by atoms with Crippen LogP contribution in [-0.4, -0.2) is 38.6 Å². The highest BCUT2D eigenvalue weighted by molar-refractivity contribution is 7.19. The molecule has 0 aliphatic carbocycles. The molecule has 0 bridgehead atoms. The Morgan fingerprint density at radius 3 is 2.70 bits per heavy atom. The van der Waals surface area contributed by atoms with Crippen LogP contribution in [0.3, 0.4) is 0 Å². The summed E-state index contributed by atoms with van der Waals surface area (Å²) in [5.74, 6) is 0.102. The molecule has 1 aliphatic heterocycles. The van der Waals surface area contributed by atoms with Gasteiger partial charge in [-0.15, -0.1) is 11.3 Å². The second kappa shape index (κ2) is 6.61. The summed E-state index contributed by atoms with van der Waals surface area (Å²) >= 11 is 1.41. The smallest absolute Gasteiger partial charge is 0.269 e. The fourth-order valence-corrected chi connectivity index (χ4v) is 3.72. The van der Waals surface area contributed by atoms with Crippen molar-refractivity contribution in [3.05, 3.63) is 75.0 Å². The number of aromatic nitrogens is 1. The second-order valence-corrected chi connectivity index (χ2v) is 6.84. The molecule has 8 nitrogen and oxygen atoms in total. The molecule has 3 aromatic rings. The average molecular weight is 379 g/mol. The molecule has 1 aliphatic rings. The quantitative estimate of drug-likeness (QED) is 0.406. The Hall–Kier alpha value is -3.59. The number of nitrogens with one attached hydrogen (secondary N) is 1. The Morgan fingerprint density at radius 1 is 1.26 bits per heavy atom. The lowest BCUT2D eigenvalue weighted by Gasteiger charge is -2.10. The SMILES string of the molecule is N=C1C(c2nc3ccccc3s2)=C(O)CN1/N=C/c1ccc([N+](=O)[O-])cc1. The average Bonchev–Trinajstić information content (AvgIpc) is 3.20. The minimum Gasteiger partial charge on any atom is -0.509 e. The minimum atomic E-state index is -0.469. The Balaban J connectivity index is 1.55. The van der Waals surface area contributed by atoms with Gasteiger partial charge in [0, 0.05) is 12.1 Å². The first-order valence-corrected chi connectivity index (χ1v) is 8.77. The Morgan fingerprint density at radius 2 is 2.00 bits per heavy atom. The predicted molar refractivity (Wildman–Crippen MR) is 104 cm³/mol. The van der Waals surface area contributed by atoms with Crippen LogP contribution in [0.15, 0.2) is 59.4 Å². The predicted octanol–water partition coefficient (Wildman–Crippen LogP) is 3.80. The standard InChI is InChI=1S/C18H13N5O3S/c19-17-16(18-21-13-3-1-2-4-15(13)27-18)14(24)10-22(17)20-9-11-5-7-12(8-6-11)23(25)26/h1-9,19,24H,10H2/b19-17?,20-9+. The van der Waals surface area contributed by atoms with Crippen LogP contribution in [0, 0.1) is 15.5 Å². The third-order valence-corrected chi connectivity index (χ3v) is 5.09. The highest BCUT2D eigenvalue weighted by Crippen LogP contribution is 2.33. The molecule has 2 heterocycles. The van der Waals surface area contributed by atoms with Crippen LogP contribution in [0.1, 0.15) is 10.6 Å². The molecular formula is C18H13N5O3S. The van der Waals surface area contributed by atoms with Gasteiger partial charge in [0.25, 0.3) is 5.69 Å². The van der Waals surface area contributed by atoms with Crippen LogP contribution in [0.25, 0.3) is 15.8 Å². The van der Waals surface area contributed by atoms with Gasteiger partial charge in [-0.1, -0.05) is 12.1 Å². The van der Waals surface area contributed by atoms with Gasteiger partial charge in [0.15, 0.2) is 5.84 Å². The molecule has 0 saturated heterocycles. The van der Waals surface area contributed by atoms with Gasteiger partial charge in [-0.05, 0) is 29.8 Å². The van der Waals surface area contributed by atoms with Crippen LogP contribution in [0.4, 0.5) is 5.69 Å². The molecule has 9 heteroatoms. The van der Waals surface area contributed by atoms with E-state index in [1.807, 2.05) is 24.3 Å². The van der Waals surface area contributed by atoms with E-state index in [9.17, 15) is 15.2 Å². The van der Waals surface area contributed by atoms with Crippen molar-refractivity contribution in [2.24, 2.45) is 5.10 Å². The monoisotopic (exact) mass is 379 g/mol. The number of amidine groups is 1. The van der Waals surface area contributed by atoms with Crippen molar-refractivity contribution in [1.29, 1.82) is 5.41 Å². The summed E-state index contributed by atoms with van der Waals surface area (Å²) in [4.78, 5) is 14.7. The zero-order valence-corrected chi connectivity index (χ0v) is 14.7. The zero-order chi connectivity index (χ0) is 19.0. The van der Waals surface area contributed by atoms with E-state index in [-0.39, 0.29) is 23.8 Å². The van der Waals surface area contributed by atoms with Crippen molar-refractivity contribution in [3.63, 3.8) is 0 Å². The van der Waals surface area contributed by atoms with E-state index < -0.39 is 4.92 Å². The number of fused-ring (bicyclic) bond motifs is 1. The van der Waals surface area contributed by atoms with Gasteiger partial charge < -0.3 is 5.11 Å². The van der Waals surface area contributed by atoms with E-state index in [4.69, 9.17) is 5.41 Å². The minimum absolute atomic E-state index is 0.00139. The Bertz CT molecular complexity index is 1080. The molecule has 2 N–H and O–H groups in total. The highest BCUT2D eigenvalue weighted by atomic mass is 32.1. The molecule has 27 heavy (non-hydrogen) atoms. The summed E-state index contributed by atoms with van der Waals surface area (Å²) in [7, 11) is 0. The lowest BCUT2D eigenvalue weighted by molar-refractivity contribution is -0.384. The third-order valence-electron chi connectivity index (χ3n) is 4.04. The summed E-state index contributed by atoms with van der Waals surface area (Å²) in [6.45, 7) is 0.0770. The number of benzene rings is 2. The van der Waals surface area contributed by atoms with Gasteiger partial charge in [0.2, 0.25) is 0 Å². The van der Waals surface area contributed by atoms with Crippen molar-refractivity contribution in [1.82, 2.24) is 9.99 Å². The number of hydrogen-bond acceptors (Lipinski definition) is 7. The van der Waals surface area contributed by atoms with Crippen molar-refractivity contribution in [2.45, 2.75) is 0 Å². The molecule has 0 radical (unpaired) electrons. The summed E-state index contributed by atoms with van der Waals surface area (Å²) < 4.78 is 0.980. The van der Waals surface area contributed by atoms with Crippen LogP contribution in [0.2, 0.25) is 0 Å². The number of nitro groups is 1. The number of para-hydroxylation sites is 1. The number of nitrogens with zero attached hydrogens (tertiary/aromatic N) is 4. The fraction of sp³-hybridized carbons (Fsp3) is 0.0556. The van der Waals surface area contributed by atoms with Crippen LogP contribution >= 0.6 is 11.3 Å². The van der Waals surface area contributed by atoms with Crippen molar-refractivity contribution >= 4 is 44.9 Å². The van der Waals surface area contributed by atoms with Gasteiger partial charge in [-0.25, -0.2) is 9.99 Å². The Kier molecular flexibility index (Phi) is 4.13. The number of aliphatic hydroxyl groups is 1.